The maximum atomic E-state index is 2.67. The van der Waals surface area contributed by atoms with Gasteiger partial charge in [0.1, 0.15) is 0 Å². The van der Waals surface area contributed by atoms with E-state index in [2.05, 4.69) is 177 Å². The second-order valence-corrected chi connectivity index (χ2v) is 21.9. The molecule has 0 spiro atoms. The normalized spacial score (nSPS) is 15.7. The number of aryl methyl sites for hydroxylation is 1. The molecule has 0 N–H and O–H groups in total. The molecule has 5 aromatic rings. The third kappa shape index (κ3) is 5.50. The molecule has 5 aromatic carbocycles. The number of rotatable bonds is 4. The van der Waals surface area contributed by atoms with Gasteiger partial charge < -0.3 is 0 Å². The minimum absolute atomic E-state index is 0.0772. The average molecular weight is 678 g/mol. The molecule has 0 saturated carbocycles. The number of allylic oxidation sites excluding steroid dienone is 2. The zero-order valence-electron chi connectivity index (χ0n) is 28.7. The summed E-state index contributed by atoms with van der Waals surface area (Å²) in [5.41, 5.74) is 17.6. The van der Waals surface area contributed by atoms with Gasteiger partial charge >= 0.3 is 286 Å². The van der Waals surface area contributed by atoms with Crippen LogP contribution >= 0.6 is 0 Å². The van der Waals surface area contributed by atoms with E-state index in [0.717, 1.165) is 0 Å². The summed E-state index contributed by atoms with van der Waals surface area (Å²) in [5, 5.41) is 0. The zero-order valence-corrected chi connectivity index (χ0v) is 31.2. The molecule has 0 amide bonds. The summed E-state index contributed by atoms with van der Waals surface area (Å²) in [6.07, 6.45) is 2.67. The van der Waals surface area contributed by atoms with Crippen LogP contribution < -0.4 is 0 Å². The SMILES string of the molecule is CC1=C[CH]([Zr](=[C](c2ccccc2)c2ccccc2)[CH]2c3cc(C(C)(C)C)ccc3-c3ccc(C(C)(C)C)cc32)c2ccc(C)cc21. The van der Waals surface area contributed by atoms with E-state index in [1.807, 2.05) is 0 Å². The van der Waals surface area contributed by atoms with Gasteiger partial charge in [0.05, 0.1) is 0 Å². The van der Waals surface area contributed by atoms with Crippen molar-refractivity contribution in [1.82, 2.24) is 0 Å². The van der Waals surface area contributed by atoms with Crippen LogP contribution in [0.25, 0.3) is 16.7 Å². The quantitative estimate of drug-likeness (QED) is 0.178. The van der Waals surface area contributed by atoms with E-state index < -0.39 is 21.3 Å². The van der Waals surface area contributed by atoms with Crippen LogP contribution in [0.3, 0.4) is 0 Å². The van der Waals surface area contributed by atoms with Crippen molar-refractivity contribution < 1.29 is 21.3 Å². The van der Waals surface area contributed by atoms with Crippen LogP contribution in [-0.4, -0.2) is 3.21 Å². The Morgan fingerprint density at radius 2 is 1.02 bits per heavy atom. The van der Waals surface area contributed by atoms with Gasteiger partial charge in [0.25, 0.3) is 0 Å². The molecule has 0 heterocycles. The molecule has 0 fully saturated rings. The van der Waals surface area contributed by atoms with Crippen molar-refractivity contribution in [2.24, 2.45) is 0 Å². The topological polar surface area (TPSA) is 0 Å². The molecular formula is C45H46Zr. The molecule has 2 aliphatic rings. The number of hydrogen-bond donors (Lipinski definition) is 0. The first-order valence-corrected chi connectivity index (χ1v) is 20.9. The Morgan fingerprint density at radius 3 is 1.50 bits per heavy atom. The summed E-state index contributed by atoms with van der Waals surface area (Å²) in [6, 6.07) is 44.9. The van der Waals surface area contributed by atoms with Crippen LogP contribution in [0.5, 0.6) is 0 Å². The summed E-state index contributed by atoms with van der Waals surface area (Å²) in [6.45, 7) is 18.7. The first kappa shape index (κ1) is 31.2. The van der Waals surface area contributed by atoms with E-state index in [9.17, 15) is 0 Å². The van der Waals surface area contributed by atoms with Crippen molar-refractivity contribution in [3.8, 4) is 11.1 Å². The molecule has 1 heteroatoms. The molecule has 46 heavy (non-hydrogen) atoms. The molecule has 0 aliphatic heterocycles. The Morgan fingerprint density at radius 1 is 0.522 bits per heavy atom. The summed E-state index contributed by atoms with van der Waals surface area (Å²) in [7, 11) is 0. The molecule has 7 rings (SSSR count). The van der Waals surface area contributed by atoms with Gasteiger partial charge in [-0.1, -0.05) is 0 Å². The summed E-state index contributed by atoms with van der Waals surface area (Å²) < 4.78 is 2.43. The summed E-state index contributed by atoms with van der Waals surface area (Å²) in [4.78, 5) is 0. The molecule has 230 valence electrons. The molecular weight excluding hydrogens is 632 g/mol. The second-order valence-electron chi connectivity index (χ2n) is 15.5. The van der Waals surface area contributed by atoms with Crippen molar-refractivity contribution in [3.05, 3.63) is 171 Å². The van der Waals surface area contributed by atoms with Crippen molar-refractivity contribution >= 4 is 8.78 Å². The standard InChI is InChI=1S/C21H25.C13H10.C11H11.Zr/c1-20(2,3)16-7-9-18-14(12-16)11-15-13-17(21(4,5)6)8-10-19(15)18;1-3-7-12(8-4-1)11-13-9-5-2-6-10-13;1-8-3-5-10-6-4-9(2)11(10)7-8;/h7-13H,1-6H3;1-10H;3-7H,1-2H3;. The Bertz CT molecular complexity index is 1910. The van der Waals surface area contributed by atoms with Crippen LogP contribution in [0.2, 0.25) is 0 Å². The van der Waals surface area contributed by atoms with Crippen LogP contribution in [0, 0.1) is 6.92 Å². The van der Waals surface area contributed by atoms with E-state index in [1.165, 1.54) is 55.6 Å². The van der Waals surface area contributed by atoms with Gasteiger partial charge in [-0.3, -0.25) is 0 Å². The summed E-state index contributed by atoms with van der Waals surface area (Å²) >= 11 is -2.88. The Hall–Kier alpha value is -3.41. The van der Waals surface area contributed by atoms with Crippen LogP contribution in [0.15, 0.2) is 121 Å². The van der Waals surface area contributed by atoms with Gasteiger partial charge in [0.15, 0.2) is 0 Å². The minimum atomic E-state index is -2.88. The first-order valence-electron chi connectivity index (χ1n) is 16.9. The summed E-state index contributed by atoms with van der Waals surface area (Å²) in [5.74, 6) is 0. The number of hydrogen-bond acceptors (Lipinski definition) is 0. The Labute approximate surface area is 284 Å². The molecule has 0 radical (unpaired) electrons. The fraction of sp³-hybridized carbons (Fsp3) is 0.267. The molecule has 0 aromatic heterocycles. The third-order valence-corrected chi connectivity index (χ3v) is 18.9. The Balaban J connectivity index is 1.64. The van der Waals surface area contributed by atoms with E-state index in [0.29, 0.717) is 7.25 Å². The van der Waals surface area contributed by atoms with Gasteiger partial charge in [0, 0.05) is 0 Å². The fourth-order valence-corrected chi connectivity index (χ4v) is 17.8. The van der Waals surface area contributed by atoms with Crippen molar-refractivity contribution in [2.75, 3.05) is 0 Å². The van der Waals surface area contributed by atoms with Crippen LogP contribution in [0.4, 0.5) is 0 Å². The van der Waals surface area contributed by atoms with Crippen molar-refractivity contribution in [2.45, 2.75) is 73.5 Å². The predicted octanol–water partition coefficient (Wildman–Crippen LogP) is 11.7. The van der Waals surface area contributed by atoms with E-state index >= 15 is 0 Å². The van der Waals surface area contributed by atoms with Gasteiger partial charge in [-0.2, -0.15) is 0 Å². The molecule has 0 bridgehead atoms. The zero-order chi connectivity index (χ0) is 32.4. The fourth-order valence-electron chi connectivity index (χ4n) is 7.69. The van der Waals surface area contributed by atoms with Crippen molar-refractivity contribution in [1.29, 1.82) is 0 Å². The van der Waals surface area contributed by atoms with E-state index in [4.69, 9.17) is 0 Å². The van der Waals surface area contributed by atoms with Crippen molar-refractivity contribution in [3.63, 3.8) is 0 Å². The number of benzene rings is 5. The van der Waals surface area contributed by atoms with Gasteiger partial charge in [-0.05, 0) is 0 Å². The molecule has 1 atom stereocenters. The molecule has 2 aliphatic carbocycles. The van der Waals surface area contributed by atoms with E-state index in [1.54, 1.807) is 14.3 Å². The third-order valence-electron chi connectivity index (χ3n) is 10.2. The molecule has 0 saturated heterocycles. The first-order chi connectivity index (χ1) is 21.9. The van der Waals surface area contributed by atoms with Crippen LogP contribution in [-0.2, 0) is 32.1 Å². The van der Waals surface area contributed by atoms with Gasteiger partial charge in [-0.25, -0.2) is 0 Å². The predicted molar refractivity (Wildman–Crippen MR) is 195 cm³/mol. The monoisotopic (exact) mass is 676 g/mol. The molecule has 1 unspecified atom stereocenters. The molecule has 0 nitrogen and oxygen atoms in total. The Kier molecular flexibility index (Phi) is 7.93. The average Bonchev–Trinajstić information content (AvgIpc) is 3.53. The van der Waals surface area contributed by atoms with Gasteiger partial charge in [0.2, 0.25) is 0 Å². The maximum absolute atomic E-state index is 2.88. The van der Waals surface area contributed by atoms with Gasteiger partial charge in [-0.15, -0.1) is 0 Å². The second kappa shape index (κ2) is 11.7. The van der Waals surface area contributed by atoms with Crippen LogP contribution in [0.1, 0.15) is 106 Å². The van der Waals surface area contributed by atoms with E-state index in [-0.39, 0.29) is 10.8 Å². The number of fused-ring (bicyclic) bond motifs is 4.